The maximum Gasteiger partial charge on any atom is 0.0521 e. The summed E-state index contributed by atoms with van der Waals surface area (Å²) in [6.45, 7) is 18.5. The summed E-state index contributed by atoms with van der Waals surface area (Å²) in [5.41, 5.74) is 0.310. The molecule has 1 nitrogen and oxygen atoms in total. The molecule has 1 heteroatoms. The summed E-state index contributed by atoms with van der Waals surface area (Å²) < 4.78 is 0. The Balaban J connectivity index is 1.94. The Kier molecular flexibility index (Phi) is 3.14. The summed E-state index contributed by atoms with van der Waals surface area (Å²) in [4.78, 5) is 2.77. The number of hydrogen-bond acceptors (Lipinski definition) is 1. The molecule has 22 heavy (non-hydrogen) atoms. The molecule has 1 saturated heterocycles. The van der Waals surface area contributed by atoms with Gasteiger partial charge in [-0.3, -0.25) is 0 Å². The fourth-order valence-electron chi connectivity index (χ4n) is 8.00. The number of rotatable bonds is 4. The SMILES string of the molecule is C=CC1CC2C(C)C3C[C@@H]4[C@H](C)[C@@H]3[C@@H]2[C@@]1([C@@H](C)CC)N4C=C. The third-order valence-corrected chi connectivity index (χ3v) is 8.79. The quantitative estimate of drug-likeness (QED) is 0.663. The highest BCUT2D eigenvalue weighted by molar-refractivity contribution is 5.28. The van der Waals surface area contributed by atoms with Crippen LogP contribution >= 0.6 is 0 Å². The fourth-order valence-corrected chi connectivity index (χ4v) is 8.00. The lowest BCUT2D eigenvalue weighted by molar-refractivity contribution is -0.0798. The predicted octanol–water partition coefficient (Wildman–Crippen LogP) is 4.96. The van der Waals surface area contributed by atoms with Gasteiger partial charge in [-0.05, 0) is 60.5 Å². The maximum absolute atomic E-state index is 4.28. The zero-order valence-corrected chi connectivity index (χ0v) is 14.8. The molecule has 4 rings (SSSR count). The van der Waals surface area contributed by atoms with Crippen molar-refractivity contribution in [2.24, 2.45) is 47.3 Å². The Morgan fingerprint density at radius 2 is 1.91 bits per heavy atom. The van der Waals surface area contributed by atoms with E-state index in [1.807, 2.05) is 0 Å². The molecule has 0 N–H and O–H groups in total. The molecule has 1 heterocycles. The fraction of sp³-hybridized carbons (Fsp3) is 0.810. The minimum atomic E-state index is 0.310. The van der Waals surface area contributed by atoms with Crippen molar-refractivity contribution >= 4 is 0 Å². The number of fused-ring (bicyclic) bond motifs is 1. The summed E-state index contributed by atoms with van der Waals surface area (Å²) in [5.74, 6) is 6.85. The normalized spacial score (nSPS) is 56.3. The highest BCUT2D eigenvalue weighted by atomic mass is 15.3. The molecule has 0 aromatic rings. The Morgan fingerprint density at radius 3 is 2.50 bits per heavy atom. The number of piperidine rings is 1. The molecule has 1 aliphatic heterocycles. The molecule has 3 saturated carbocycles. The lowest BCUT2D eigenvalue weighted by Gasteiger charge is -2.60. The van der Waals surface area contributed by atoms with Gasteiger partial charge in [-0.25, -0.2) is 0 Å². The van der Waals surface area contributed by atoms with Gasteiger partial charge >= 0.3 is 0 Å². The van der Waals surface area contributed by atoms with E-state index >= 15 is 0 Å². The number of likely N-dealkylation sites (tertiary alicyclic amines) is 1. The van der Waals surface area contributed by atoms with Crippen LogP contribution in [-0.4, -0.2) is 16.5 Å². The molecule has 4 aliphatic rings. The Hall–Kier alpha value is -0.720. The Morgan fingerprint density at radius 1 is 1.18 bits per heavy atom. The summed E-state index contributed by atoms with van der Waals surface area (Å²) in [7, 11) is 0. The van der Waals surface area contributed by atoms with E-state index in [2.05, 4.69) is 58.0 Å². The molecular weight excluding hydrogens is 266 g/mol. The van der Waals surface area contributed by atoms with E-state index in [0.717, 1.165) is 47.5 Å². The summed E-state index contributed by atoms with van der Waals surface area (Å²) in [6.07, 6.45) is 8.57. The van der Waals surface area contributed by atoms with E-state index in [4.69, 9.17) is 0 Å². The zero-order chi connectivity index (χ0) is 15.8. The third kappa shape index (κ3) is 1.34. The molecule has 0 aromatic heterocycles. The van der Waals surface area contributed by atoms with Crippen LogP contribution in [0.4, 0.5) is 0 Å². The van der Waals surface area contributed by atoms with Crippen molar-refractivity contribution in [3.63, 3.8) is 0 Å². The van der Waals surface area contributed by atoms with Gasteiger partial charge in [0, 0.05) is 12.0 Å². The highest BCUT2D eigenvalue weighted by Gasteiger charge is 2.73. The number of hydrogen-bond donors (Lipinski definition) is 0. The van der Waals surface area contributed by atoms with E-state index in [-0.39, 0.29) is 0 Å². The van der Waals surface area contributed by atoms with E-state index in [0.29, 0.717) is 11.5 Å². The molecule has 4 fully saturated rings. The van der Waals surface area contributed by atoms with Gasteiger partial charge in [0.1, 0.15) is 0 Å². The van der Waals surface area contributed by atoms with Gasteiger partial charge in [-0.2, -0.15) is 0 Å². The van der Waals surface area contributed by atoms with Crippen LogP contribution in [0.1, 0.15) is 47.0 Å². The van der Waals surface area contributed by atoms with Gasteiger partial charge < -0.3 is 4.90 Å². The Labute approximate surface area is 136 Å². The number of nitrogens with zero attached hydrogens (tertiary/aromatic N) is 1. The van der Waals surface area contributed by atoms with Crippen molar-refractivity contribution in [3.8, 4) is 0 Å². The van der Waals surface area contributed by atoms with Crippen molar-refractivity contribution < 1.29 is 0 Å². The maximum atomic E-state index is 4.28. The van der Waals surface area contributed by atoms with E-state index in [1.165, 1.54) is 19.3 Å². The highest BCUT2D eigenvalue weighted by Crippen LogP contribution is 2.73. The summed E-state index contributed by atoms with van der Waals surface area (Å²) >= 11 is 0. The van der Waals surface area contributed by atoms with Gasteiger partial charge in [-0.15, -0.1) is 6.58 Å². The molecule has 4 unspecified atom stereocenters. The second kappa shape index (κ2) is 4.65. The second-order valence-electron chi connectivity index (χ2n) is 8.82. The van der Waals surface area contributed by atoms with Gasteiger partial charge in [-0.1, -0.05) is 46.8 Å². The van der Waals surface area contributed by atoms with Crippen LogP contribution in [0.5, 0.6) is 0 Å². The molecule has 0 aromatic carbocycles. The van der Waals surface area contributed by atoms with Crippen molar-refractivity contribution in [3.05, 3.63) is 25.4 Å². The molecule has 3 aliphatic carbocycles. The van der Waals surface area contributed by atoms with Crippen LogP contribution in [0.3, 0.4) is 0 Å². The Bertz CT molecular complexity index is 496. The van der Waals surface area contributed by atoms with Crippen molar-refractivity contribution in [1.29, 1.82) is 0 Å². The van der Waals surface area contributed by atoms with Gasteiger partial charge in [0.2, 0.25) is 0 Å². The zero-order valence-electron chi connectivity index (χ0n) is 14.8. The van der Waals surface area contributed by atoms with Gasteiger partial charge in [0.25, 0.3) is 0 Å². The van der Waals surface area contributed by atoms with E-state index in [9.17, 15) is 0 Å². The van der Waals surface area contributed by atoms with Crippen LogP contribution in [0, 0.1) is 47.3 Å². The first kappa shape index (κ1) is 14.8. The monoisotopic (exact) mass is 299 g/mol. The average Bonchev–Trinajstić information content (AvgIpc) is 3.09. The predicted molar refractivity (Wildman–Crippen MR) is 93.2 cm³/mol. The molecular formula is C21H33N. The smallest absolute Gasteiger partial charge is 0.0521 e. The molecule has 2 bridgehead atoms. The van der Waals surface area contributed by atoms with Gasteiger partial charge in [0.05, 0.1) is 5.54 Å². The third-order valence-electron chi connectivity index (χ3n) is 8.79. The average molecular weight is 300 g/mol. The van der Waals surface area contributed by atoms with E-state index in [1.54, 1.807) is 0 Å². The van der Waals surface area contributed by atoms with E-state index < -0.39 is 0 Å². The van der Waals surface area contributed by atoms with Crippen LogP contribution in [-0.2, 0) is 0 Å². The van der Waals surface area contributed by atoms with Crippen molar-refractivity contribution in [2.45, 2.75) is 58.5 Å². The van der Waals surface area contributed by atoms with Crippen molar-refractivity contribution in [1.82, 2.24) is 4.90 Å². The molecule has 10 atom stereocenters. The van der Waals surface area contributed by atoms with Gasteiger partial charge in [0.15, 0.2) is 0 Å². The van der Waals surface area contributed by atoms with Crippen LogP contribution in [0.2, 0.25) is 0 Å². The second-order valence-corrected chi connectivity index (χ2v) is 8.82. The largest absolute Gasteiger partial charge is 0.368 e. The molecule has 122 valence electrons. The lowest BCUT2D eigenvalue weighted by Crippen LogP contribution is -2.65. The first-order valence-electron chi connectivity index (χ1n) is 9.57. The first-order chi connectivity index (χ1) is 10.5. The summed E-state index contributed by atoms with van der Waals surface area (Å²) in [5, 5.41) is 0. The van der Waals surface area contributed by atoms with Crippen molar-refractivity contribution in [2.75, 3.05) is 0 Å². The van der Waals surface area contributed by atoms with Crippen LogP contribution in [0.15, 0.2) is 25.4 Å². The standard InChI is InChI=1S/C21H33N/c1-7-12(4)21-15(8-2)10-17-13(5)16-11-18(22(21)9-3)14(6)19(16)20(17)21/h8-9,12-20H,2-3,7,10-11H2,1,4-6H3/t12-,13?,14-,15?,16?,17?,18+,19-,20+,21-/m0/s1. The van der Waals surface area contributed by atoms with Crippen LogP contribution < -0.4 is 0 Å². The minimum absolute atomic E-state index is 0.310. The molecule has 0 spiro atoms. The molecule has 0 radical (unpaired) electrons. The summed E-state index contributed by atoms with van der Waals surface area (Å²) in [6, 6.07) is 0.724. The molecule has 0 amide bonds. The topological polar surface area (TPSA) is 3.24 Å². The minimum Gasteiger partial charge on any atom is -0.368 e. The first-order valence-corrected chi connectivity index (χ1v) is 9.57. The van der Waals surface area contributed by atoms with Crippen LogP contribution in [0.25, 0.3) is 0 Å². The lowest BCUT2D eigenvalue weighted by atomic mass is 9.61.